The van der Waals surface area contributed by atoms with Gasteiger partial charge in [-0.1, -0.05) is 18.6 Å². The molecule has 80 valence electrons. The molecule has 0 radical (unpaired) electrons. The summed E-state index contributed by atoms with van der Waals surface area (Å²) < 4.78 is 0. The largest absolute Gasteiger partial charge is 0.312 e. The zero-order chi connectivity index (χ0) is 9.97. The Bertz CT molecular complexity index is 222. The van der Waals surface area contributed by atoms with E-state index in [0.29, 0.717) is 12.1 Å². The molecule has 0 saturated carbocycles. The first-order valence-electron chi connectivity index (χ1n) is 5.88. The Balaban J connectivity index is 1.91. The molecule has 2 heteroatoms. The summed E-state index contributed by atoms with van der Waals surface area (Å²) in [7, 11) is 0. The Morgan fingerprint density at radius 2 is 2.14 bits per heavy atom. The van der Waals surface area contributed by atoms with E-state index in [4.69, 9.17) is 0 Å². The molecule has 0 aromatic carbocycles. The van der Waals surface area contributed by atoms with Crippen LogP contribution in [0, 0.1) is 5.92 Å². The summed E-state index contributed by atoms with van der Waals surface area (Å²) in [6, 6.07) is 1.37. The molecule has 2 rings (SSSR count). The van der Waals surface area contributed by atoms with Crippen molar-refractivity contribution in [1.82, 2.24) is 10.6 Å². The highest BCUT2D eigenvalue weighted by Crippen LogP contribution is 2.21. The van der Waals surface area contributed by atoms with Gasteiger partial charge in [0.2, 0.25) is 0 Å². The minimum Gasteiger partial charge on any atom is -0.312 e. The molecule has 0 spiro atoms. The molecule has 2 N–H and O–H groups in total. The van der Waals surface area contributed by atoms with E-state index < -0.39 is 0 Å². The maximum Gasteiger partial charge on any atom is 0.0261 e. The van der Waals surface area contributed by atoms with Gasteiger partial charge in [-0.2, -0.15) is 0 Å². The minimum atomic E-state index is 0.669. The SMILES string of the molecule is CC1=CCNC(C2CC(C)CCN2)C1. The van der Waals surface area contributed by atoms with Crippen LogP contribution in [0.1, 0.15) is 33.1 Å². The molecule has 1 fully saturated rings. The van der Waals surface area contributed by atoms with Gasteiger partial charge in [-0.3, -0.25) is 0 Å². The van der Waals surface area contributed by atoms with Crippen LogP contribution in [-0.2, 0) is 0 Å². The van der Waals surface area contributed by atoms with Crippen LogP contribution in [0.15, 0.2) is 11.6 Å². The third-order valence-electron chi connectivity index (χ3n) is 3.56. The second-order valence-electron chi connectivity index (χ2n) is 4.96. The van der Waals surface area contributed by atoms with Gasteiger partial charge >= 0.3 is 0 Å². The normalized spacial score (nSPS) is 39.3. The molecule has 14 heavy (non-hydrogen) atoms. The van der Waals surface area contributed by atoms with Crippen molar-refractivity contribution in [3.05, 3.63) is 11.6 Å². The van der Waals surface area contributed by atoms with Crippen molar-refractivity contribution in [3.8, 4) is 0 Å². The molecule has 2 nitrogen and oxygen atoms in total. The molecule has 2 aliphatic heterocycles. The molecule has 0 bridgehead atoms. The fraction of sp³-hybridized carbons (Fsp3) is 0.833. The molecule has 0 aromatic rings. The molecule has 1 saturated heterocycles. The van der Waals surface area contributed by atoms with Crippen LogP contribution in [0.5, 0.6) is 0 Å². The fourth-order valence-corrected chi connectivity index (χ4v) is 2.63. The fourth-order valence-electron chi connectivity index (χ4n) is 2.63. The summed E-state index contributed by atoms with van der Waals surface area (Å²) in [4.78, 5) is 0. The Kier molecular flexibility index (Phi) is 3.24. The molecule has 2 heterocycles. The highest BCUT2D eigenvalue weighted by Gasteiger charge is 2.26. The highest BCUT2D eigenvalue weighted by atomic mass is 15.0. The summed E-state index contributed by atoms with van der Waals surface area (Å²) in [5, 5.41) is 7.25. The second kappa shape index (κ2) is 4.45. The van der Waals surface area contributed by atoms with Crippen molar-refractivity contribution in [1.29, 1.82) is 0 Å². The third-order valence-corrected chi connectivity index (χ3v) is 3.56. The summed E-state index contributed by atoms with van der Waals surface area (Å²) in [5.74, 6) is 0.897. The Labute approximate surface area is 87.2 Å². The molecule has 0 aromatic heterocycles. The van der Waals surface area contributed by atoms with Crippen LogP contribution in [0.3, 0.4) is 0 Å². The van der Waals surface area contributed by atoms with Gasteiger partial charge in [0.1, 0.15) is 0 Å². The Morgan fingerprint density at radius 1 is 1.29 bits per heavy atom. The van der Waals surface area contributed by atoms with Crippen LogP contribution in [-0.4, -0.2) is 25.2 Å². The number of hydrogen-bond acceptors (Lipinski definition) is 2. The number of nitrogens with one attached hydrogen (secondary N) is 2. The van der Waals surface area contributed by atoms with Crippen LogP contribution < -0.4 is 10.6 Å². The van der Waals surface area contributed by atoms with E-state index in [0.717, 1.165) is 12.5 Å². The van der Waals surface area contributed by atoms with Gasteiger partial charge in [0.15, 0.2) is 0 Å². The first-order chi connectivity index (χ1) is 6.75. The second-order valence-corrected chi connectivity index (χ2v) is 4.96. The molecule has 0 aliphatic carbocycles. The van der Waals surface area contributed by atoms with Crippen LogP contribution in [0.25, 0.3) is 0 Å². The summed E-state index contributed by atoms with van der Waals surface area (Å²) in [5.41, 5.74) is 1.55. The Hall–Kier alpha value is -0.340. The molecular formula is C12H22N2. The van der Waals surface area contributed by atoms with E-state index in [-0.39, 0.29) is 0 Å². The van der Waals surface area contributed by atoms with Crippen molar-refractivity contribution >= 4 is 0 Å². The van der Waals surface area contributed by atoms with Gasteiger partial charge < -0.3 is 10.6 Å². The highest BCUT2D eigenvalue weighted by molar-refractivity contribution is 5.08. The van der Waals surface area contributed by atoms with Gasteiger partial charge in [0, 0.05) is 18.6 Å². The summed E-state index contributed by atoms with van der Waals surface area (Å²) >= 11 is 0. The number of piperidine rings is 1. The predicted octanol–water partition coefficient (Wildman–Crippen LogP) is 1.68. The van der Waals surface area contributed by atoms with Crippen LogP contribution in [0.2, 0.25) is 0 Å². The lowest BCUT2D eigenvalue weighted by molar-refractivity contribution is 0.260. The zero-order valence-corrected chi connectivity index (χ0v) is 9.34. The lowest BCUT2D eigenvalue weighted by atomic mass is 9.86. The lowest BCUT2D eigenvalue weighted by Crippen LogP contribution is -2.52. The standard InChI is InChI=1S/C12H22N2/c1-9-3-5-13-11(7-9)12-8-10(2)4-6-14-12/h3,10-14H,4-8H2,1-2H3. The first kappa shape index (κ1) is 10.2. The van der Waals surface area contributed by atoms with Crippen molar-refractivity contribution in [2.24, 2.45) is 5.92 Å². The van der Waals surface area contributed by atoms with E-state index in [9.17, 15) is 0 Å². The van der Waals surface area contributed by atoms with E-state index in [1.54, 1.807) is 5.57 Å². The topological polar surface area (TPSA) is 24.1 Å². The van der Waals surface area contributed by atoms with E-state index >= 15 is 0 Å². The maximum atomic E-state index is 3.65. The lowest BCUT2D eigenvalue weighted by Gasteiger charge is -2.36. The number of hydrogen-bond donors (Lipinski definition) is 2. The van der Waals surface area contributed by atoms with Crippen molar-refractivity contribution in [2.45, 2.75) is 45.2 Å². The van der Waals surface area contributed by atoms with E-state index in [1.807, 2.05) is 0 Å². The Morgan fingerprint density at radius 3 is 2.86 bits per heavy atom. The van der Waals surface area contributed by atoms with E-state index in [2.05, 4.69) is 30.6 Å². The average molecular weight is 194 g/mol. The van der Waals surface area contributed by atoms with Gasteiger partial charge in [-0.25, -0.2) is 0 Å². The van der Waals surface area contributed by atoms with Gasteiger partial charge in [-0.05, 0) is 38.6 Å². The number of rotatable bonds is 1. The molecule has 3 unspecified atom stereocenters. The van der Waals surface area contributed by atoms with E-state index in [1.165, 1.54) is 25.8 Å². The maximum absolute atomic E-state index is 3.65. The van der Waals surface area contributed by atoms with Gasteiger partial charge in [0.05, 0.1) is 0 Å². The monoisotopic (exact) mass is 194 g/mol. The summed E-state index contributed by atoms with van der Waals surface area (Å²) in [6.45, 7) is 6.88. The van der Waals surface area contributed by atoms with Gasteiger partial charge in [-0.15, -0.1) is 0 Å². The van der Waals surface area contributed by atoms with Crippen molar-refractivity contribution in [3.63, 3.8) is 0 Å². The summed E-state index contributed by atoms with van der Waals surface area (Å²) in [6.07, 6.45) is 6.22. The van der Waals surface area contributed by atoms with Crippen molar-refractivity contribution < 1.29 is 0 Å². The quantitative estimate of drug-likeness (QED) is 0.621. The average Bonchev–Trinajstić information content (AvgIpc) is 2.18. The zero-order valence-electron chi connectivity index (χ0n) is 9.34. The first-order valence-corrected chi connectivity index (χ1v) is 5.88. The predicted molar refractivity (Wildman–Crippen MR) is 60.4 cm³/mol. The third kappa shape index (κ3) is 2.37. The van der Waals surface area contributed by atoms with Crippen molar-refractivity contribution in [2.75, 3.05) is 13.1 Å². The molecule has 0 amide bonds. The molecule has 3 atom stereocenters. The van der Waals surface area contributed by atoms with Crippen LogP contribution >= 0.6 is 0 Å². The minimum absolute atomic E-state index is 0.669. The van der Waals surface area contributed by atoms with Crippen LogP contribution in [0.4, 0.5) is 0 Å². The molecule has 2 aliphatic rings. The van der Waals surface area contributed by atoms with Gasteiger partial charge in [0.25, 0.3) is 0 Å². The smallest absolute Gasteiger partial charge is 0.0261 e. The molecular weight excluding hydrogens is 172 g/mol.